The molecule has 3 heterocycles. The van der Waals surface area contributed by atoms with Crippen molar-refractivity contribution in [1.29, 1.82) is 0 Å². The van der Waals surface area contributed by atoms with E-state index in [4.69, 9.17) is 4.74 Å². The number of amides is 5. The number of hydrogen-bond donors (Lipinski definition) is 4. The van der Waals surface area contributed by atoms with Crippen LogP contribution in [0.1, 0.15) is 64.7 Å². The van der Waals surface area contributed by atoms with Crippen molar-refractivity contribution in [2.45, 2.75) is 97.6 Å². The van der Waals surface area contributed by atoms with Gasteiger partial charge in [0.1, 0.15) is 12.1 Å². The maximum Gasteiger partial charge on any atom is 0.407 e. The minimum atomic E-state index is -1.15. The van der Waals surface area contributed by atoms with Gasteiger partial charge in [0.25, 0.3) is 0 Å². The lowest BCUT2D eigenvalue weighted by atomic mass is 9.84. The van der Waals surface area contributed by atoms with Gasteiger partial charge in [0.2, 0.25) is 11.8 Å². The Bertz CT molecular complexity index is 2320. The van der Waals surface area contributed by atoms with E-state index >= 15 is 0 Å². The smallest absolute Gasteiger partial charge is 0.407 e. The highest BCUT2D eigenvalue weighted by molar-refractivity contribution is 5.90. The number of benzene rings is 3. The number of rotatable bonds is 16. The summed E-state index contributed by atoms with van der Waals surface area (Å²) in [6.45, 7) is 12.5. The van der Waals surface area contributed by atoms with Gasteiger partial charge in [0, 0.05) is 49.0 Å². The third-order valence-electron chi connectivity index (χ3n) is 11.5. The first-order valence-corrected chi connectivity index (χ1v) is 21.6. The molecule has 5 atom stereocenters. The van der Waals surface area contributed by atoms with Crippen LogP contribution in [0.4, 0.5) is 9.59 Å². The molecule has 2 aromatic heterocycles. The molecule has 6 rings (SSSR count). The Morgan fingerprint density at radius 3 is 2.08 bits per heavy atom. The quantitative estimate of drug-likeness (QED) is 0.0830. The van der Waals surface area contributed by atoms with Crippen molar-refractivity contribution in [3.05, 3.63) is 132 Å². The Morgan fingerprint density at radius 1 is 0.730 bits per heavy atom. The molecule has 2 unspecified atom stereocenters. The van der Waals surface area contributed by atoms with Crippen molar-refractivity contribution in [2.24, 2.45) is 10.8 Å². The summed E-state index contributed by atoms with van der Waals surface area (Å²) < 4.78 is 4.85. The van der Waals surface area contributed by atoms with Crippen molar-refractivity contribution in [3.8, 4) is 11.3 Å². The van der Waals surface area contributed by atoms with E-state index in [2.05, 4.69) is 25.9 Å². The zero-order valence-corrected chi connectivity index (χ0v) is 37.4. The van der Waals surface area contributed by atoms with E-state index in [9.17, 15) is 24.3 Å². The van der Waals surface area contributed by atoms with Gasteiger partial charge in [-0.1, -0.05) is 120 Å². The molecule has 1 aliphatic heterocycles. The number of aliphatic hydroxyl groups is 1. The summed E-state index contributed by atoms with van der Waals surface area (Å²) in [5.41, 5.74) is 4.00. The Morgan fingerprint density at radius 2 is 1.41 bits per heavy atom. The average Bonchev–Trinajstić information content (AvgIpc) is 3.60. The second kappa shape index (κ2) is 20.2. The summed E-state index contributed by atoms with van der Waals surface area (Å²) in [6, 6.07) is 29.4. The van der Waals surface area contributed by atoms with Crippen LogP contribution in [-0.4, -0.2) is 99.3 Å². The second-order valence-electron chi connectivity index (χ2n) is 18.5. The van der Waals surface area contributed by atoms with Crippen LogP contribution < -0.4 is 16.0 Å². The number of para-hydroxylation sites is 1. The molecule has 13 nitrogen and oxygen atoms in total. The maximum atomic E-state index is 14.7. The number of aromatic nitrogens is 2. The number of nitrogens with zero attached hydrogens (tertiary/aromatic N) is 4. The van der Waals surface area contributed by atoms with Crippen molar-refractivity contribution < 1.29 is 29.0 Å². The number of fused-ring (bicyclic) bond motifs is 1. The Kier molecular flexibility index (Phi) is 14.8. The topological polar surface area (TPSA) is 166 Å². The lowest BCUT2D eigenvalue weighted by Gasteiger charge is -2.38. The number of aliphatic hydroxyl groups excluding tert-OH is 1. The summed E-state index contributed by atoms with van der Waals surface area (Å²) in [7, 11) is 1.24. The van der Waals surface area contributed by atoms with Crippen molar-refractivity contribution in [1.82, 2.24) is 35.7 Å². The van der Waals surface area contributed by atoms with Gasteiger partial charge < -0.3 is 35.6 Å². The predicted molar refractivity (Wildman–Crippen MR) is 244 cm³/mol. The molecular weight excluding hydrogens is 795 g/mol. The molecule has 4 N–H and O–H groups in total. The molecule has 0 saturated carbocycles. The zero-order chi connectivity index (χ0) is 45.3. The van der Waals surface area contributed by atoms with Gasteiger partial charge in [0.05, 0.1) is 30.5 Å². The zero-order valence-electron chi connectivity index (χ0n) is 37.4. The number of alkyl carbamates (subject to hydrolysis) is 1. The predicted octanol–water partition coefficient (Wildman–Crippen LogP) is 6.93. The fourth-order valence-corrected chi connectivity index (χ4v) is 8.32. The molecule has 332 valence electrons. The van der Waals surface area contributed by atoms with Gasteiger partial charge in [-0.15, -0.1) is 0 Å². The molecule has 1 fully saturated rings. The van der Waals surface area contributed by atoms with Crippen molar-refractivity contribution in [2.75, 3.05) is 20.2 Å². The monoisotopic (exact) mass is 855 g/mol. The van der Waals surface area contributed by atoms with Crippen molar-refractivity contribution in [3.63, 3.8) is 0 Å². The highest BCUT2D eigenvalue weighted by Gasteiger charge is 2.44. The largest absolute Gasteiger partial charge is 0.453 e. The molecule has 0 bridgehead atoms. The number of hydrogen-bond acceptors (Lipinski definition) is 8. The van der Waals surface area contributed by atoms with Gasteiger partial charge in [-0.25, -0.2) is 9.59 Å². The van der Waals surface area contributed by atoms with E-state index in [1.165, 1.54) is 7.11 Å². The molecule has 1 saturated heterocycles. The Labute approximate surface area is 370 Å². The lowest BCUT2D eigenvalue weighted by molar-refractivity contribution is -0.131. The molecular formula is C50H61N7O6. The average molecular weight is 856 g/mol. The summed E-state index contributed by atoms with van der Waals surface area (Å²) in [5.74, 6) is -0.823. The molecule has 3 aromatic carbocycles. The third-order valence-corrected chi connectivity index (χ3v) is 11.5. The van der Waals surface area contributed by atoms with E-state index < -0.39 is 53.1 Å². The van der Waals surface area contributed by atoms with Gasteiger partial charge in [-0.05, 0) is 71.0 Å². The van der Waals surface area contributed by atoms with Gasteiger partial charge in [-0.2, -0.15) is 0 Å². The van der Waals surface area contributed by atoms with Crippen LogP contribution in [0.3, 0.4) is 0 Å². The molecule has 1 aliphatic rings. The van der Waals surface area contributed by atoms with Crippen LogP contribution in [0.2, 0.25) is 0 Å². The molecule has 13 heteroatoms. The van der Waals surface area contributed by atoms with Gasteiger partial charge >= 0.3 is 12.1 Å². The van der Waals surface area contributed by atoms with Crippen LogP contribution in [0.25, 0.3) is 22.2 Å². The molecule has 0 spiro atoms. The summed E-state index contributed by atoms with van der Waals surface area (Å²) >= 11 is 0. The van der Waals surface area contributed by atoms with E-state index in [1.807, 2.05) is 145 Å². The van der Waals surface area contributed by atoms with Gasteiger partial charge in [-0.3, -0.25) is 19.6 Å². The van der Waals surface area contributed by atoms with E-state index in [0.717, 1.165) is 38.9 Å². The minimum absolute atomic E-state index is 0.0527. The fraction of sp³-hybridized carbons (Fsp3) is 0.400. The summed E-state index contributed by atoms with van der Waals surface area (Å²) in [5, 5.41) is 22.3. The molecule has 0 radical (unpaired) electrons. The second-order valence-corrected chi connectivity index (χ2v) is 18.5. The number of urea groups is 1. The third kappa shape index (κ3) is 12.0. The minimum Gasteiger partial charge on any atom is -0.453 e. The number of methoxy groups -OCH3 is 1. The number of ether oxygens (including phenoxy) is 1. The molecule has 5 aromatic rings. The SMILES string of the molecule is COC(=O)NC(C(=O)N[C@H](Cc1ccc(-c2ccccn2)cc1)C[C@H](O)[C@H](Cc1ccccc1)NC(=O)C(N1CCN(Cc2ccnc3ccccc23)C1=O)C(C)(C)C)C(C)(C)C. The van der Waals surface area contributed by atoms with Crippen LogP contribution >= 0.6 is 0 Å². The first-order valence-electron chi connectivity index (χ1n) is 21.6. The highest BCUT2D eigenvalue weighted by atomic mass is 16.5. The number of pyridine rings is 2. The normalized spacial score (nSPS) is 15.6. The van der Waals surface area contributed by atoms with Crippen LogP contribution in [0.15, 0.2) is 116 Å². The number of nitrogens with one attached hydrogen (secondary N) is 3. The number of carbonyl (C=O) groups excluding carboxylic acids is 4. The van der Waals surface area contributed by atoms with Crippen LogP contribution in [-0.2, 0) is 33.7 Å². The lowest BCUT2D eigenvalue weighted by Crippen LogP contribution is -2.59. The van der Waals surface area contributed by atoms with E-state index in [-0.39, 0.29) is 24.8 Å². The van der Waals surface area contributed by atoms with E-state index in [1.54, 1.807) is 22.2 Å². The Hall–Kier alpha value is -6.34. The van der Waals surface area contributed by atoms with Crippen LogP contribution in [0, 0.1) is 10.8 Å². The first kappa shape index (κ1) is 46.2. The fourth-order valence-electron chi connectivity index (χ4n) is 8.32. The van der Waals surface area contributed by atoms with Gasteiger partial charge in [0.15, 0.2) is 0 Å². The Balaban J connectivity index is 1.26. The number of carbonyl (C=O) groups is 4. The first-order chi connectivity index (χ1) is 30.0. The van der Waals surface area contributed by atoms with Crippen LogP contribution in [0.5, 0.6) is 0 Å². The van der Waals surface area contributed by atoms with E-state index in [0.29, 0.717) is 26.1 Å². The summed E-state index contributed by atoms with van der Waals surface area (Å²) in [6.07, 6.45) is 2.27. The van der Waals surface area contributed by atoms with Crippen molar-refractivity contribution >= 4 is 34.8 Å². The standard InChI is InChI=1S/C50H61N7O6/c1-49(2,3)43(55-47(61)63-7)45(59)53-37(29-34-20-22-35(23-21-34)39-18-13-14-25-51-39)31-42(58)41(30-33-15-9-8-10-16-33)54-46(60)44(50(4,5)6)57-28-27-56(48(57)62)32-36-24-26-52-40-19-12-11-17-38(36)40/h8-26,37,41-44,58H,27-32H2,1-7H3,(H,53,59)(H,54,60)(H,55,61)/t37-,41+,42+,43?,44?/m1/s1. The maximum absolute atomic E-state index is 14.7. The molecule has 5 amide bonds. The highest BCUT2D eigenvalue weighted by Crippen LogP contribution is 2.30. The summed E-state index contributed by atoms with van der Waals surface area (Å²) in [4.78, 5) is 67.8. The molecule has 63 heavy (non-hydrogen) atoms. The molecule has 0 aliphatic carbocycles.